The number of carbonyl (C=O) groups is 1. The van der Waals surface area contributed by atoms with E-state index in [1.54, 1.807) is 29.2 Å². The normalized spacial score (nSPS) is 14.0. The van der Waals surface area contributed by atoms with Crippen molar-refractivity contribution in [3.05, 3.63) is 58.1 Å². The summed E-state index contributed by atoms with van der Waals surface area (Å²) >= 11 is 7.77. The minimum absolute atomic E-state index is 0. The highest BCUT2D eigenvalue weighted by Crippen LogP contribution is 2.34. The molecule has 168 valence electrons. The third-order valence-electron chi connectivity index (χ3n) is 5.43. The van der Waals surface area contributed by atoms with Gasteiger partial charge in [-0.3, -0.25) is 14.6 Å². The van der Waals surface area contributed by atoms with Crippen LogP contribution in [-0.4, -0.2) is 55.2 Å². The predicted octanol–water partition coefficient (Wildman–Crippen LogP) is 4.92. The minimum Gasteiger partial charge on any atom is -0.379 e. The van der Waals surface area contributed by atoms with Gasteiger partial charge >= 0.3 is 0 Å². The van der Waals surface area contributed by atoms with E-state index in [2.05, 4.69) is 11.0 Å². The third kappa shape index (κ3) is 5.40. The van der Waals surface area contributed by atoms with Gasteiger partial charge in [-0.25, -0.2) is 4.98 Å². The summed E-state index contributed by atoms with van der Waals surface area (Å²) in [5.41, 5.74) is 2.82. The van der Waals surface area contributed by atoms with E-state index in [1.807, 2.05) is 19.1 Å². The number of aryl methyl sites for hydroxylation is 1. The second-order valence-corrected chi connectivity index (χ2v) is 8.89. The van der Waals surface area contributed by atoms with Crippen LogP contribution in [0.2, 0.25) is 5.02 Å². The molecular weight excluding hydrogens is 467 g/mol. The van der Waals surface area contributed by atoms with Crippen LogP contribution in [0.4, 0.5) is 5.13 Å². The van der Waals surface area contributed by atoms with Crippen molar-refractivity contribution >= 4 is 56.6 Å². The lowest BCUT2D eigenvalue weighted by molar-refractivity contribution is 0.0376. The molecule has 1 aliphatic rings. The fourth-order valence-electron chi connectivity index (χ4n) is 3.61. The van der Waals surface area contributed by atoms with E-state index in [1.165, 1.54) is 11.3 Å². The number of benzene rings is 2. The zero-order valence-corrected chi connectivity index (χ0v) is 20.1. The van der Waals surface area contributed by atoms with Crippen molar-refractivity contribution < 1.29 is 9.53 Å². The number of carbonyl (C=O) groups excluding carboxylic acids is 1. The Balaban J connectivity index is 0.00000289. The van der Waals surface area contributed by atoms with Gasteiger partial charge in [0.05, 0.1) is 35.1 Å². The highest BCUT2D eigenvalue weighted by Gasteiger charge is 2.22. The Morgan fingerprint density at radius 1 is 1.25 bits per heavy atom. The highest BCUT2D eigenvalue weighted by atomic mass is 35.5. The summed E-state index contributed by atoms with van der Waals surface area (Å²) in [4.78, 5) is 22.3. The number of aromatic nitrogens is 1. The number of halogens is 2. The average molecular weight is 491 g/mol. The smallest absolute Gasteiger partial charge is 0.260 e. The number of nitrogens with zero attached hydrogens (tertiary/aromatic N) is 4. The molecule has 4 rings (SSSR count). The maximum absolute atomic E-state index is 13.4. The SMILES string of the molecule is Cc1c(Cl)ccc2sc(N(CCCN3CCOCC3)C(=O)c3ccc(C#N)cc3)nc12.Cl. The first-order valence-corrected chi connectivity index (χ1v) is 11.4. The second-order valence-electron chi connectivity index (χ2n) is 7.47. The Hall–Kier alpha value is -2.21. The largest absolute Gasteiger partial charge is 0.379 e. The minimum atomic E-state index is -0.116. The van der Waals surface area contributed by atoms with Crippen molar-refractivity contribution in [1.82, 2.24) is 9.88 Å². The Kier molecular flexibility index (Phi) is 8.46. The van der Waals surface area contributed by atoms with E-state index in [9.17, 15) is 4.79 Å². The van der Waals surface area contributed by atoms with Gasteiger partial charge in [0.25, 0.3) is 5.91 Å². The van der Waals surface area contributed by atoms with E-state index < -0.39 is 0 Å². The van der Waals surface area contributed by atoms with Crippen molar-refractivity contribution in [2.45, 2.75) is 13.3 Å². The predicted molar refractivity (Wildman–Crippen MR) is 131 cm³/mol. The van der Waals surface area contributed by atoms with Crippen LogP contribution < -0.4 is 4.90 Å². The van der Waals surface area contributed by atoms with Gasteiger partial charge in [-0.1, -0.05) is 22.9 Å². The molecule has 3 aromatic rings. The average Bonchev–Trinajstić information content (AvgIpc) is 3.24. The van der Waals surface area contributed by atoms with Gasteiger partial charge in [-0.2, -0.15) is 5.26 Å². The summed E-state index contributed by atoms with van der Waals surface area (Å²) in [5.74, 6) is -0.116. The van der Waals surface area contributed by atoms with Crippen molar-refractivity contribution in [1.29, 1.82) is 5.26 Å². The number of amides is 1. The standard InChI is InChI=1S/C23H23ClN4O2S.ClH/c1-16-19(24)7-8-20-21(16)26-23(31-20)28(10-2-9-27-11-13-30-14-12-27)22(29)18-5-3-17(15-25)4-6-18;/h3-8H,2,9-14H2,1H3;1H. The van der Waals surface area contributed by atoms with Gasteiger partial charge in [-0.15, -0.1) is 12.4 Å². The van der Waals surface area contributed by atoms with E-state index >= 15 is 0 Å². The zero-order valence-electron chi connectivity index (χ0n) is 17.7. The Morgan fingerprint density at radius 3 is 2.66 bits per heavy atom. The molecule has 0 aliphatic carbocycles. The van der Waals surface area contributed by atoms with E-state index in [-0.39, 0.29) is 18.3 Å². The number of nitriles is 1. The number of thiazole rings is 1. The van der Waals surface area contributed by atoms with Crippen LogP contribution in [0.3, 0.4) is 0 Å². The molecule has 1 aliphatic heterocycles. The molecule has 32 heavy (non-hydrogen) atoms. The molecule has 0 saturated carbocycles. The fourth-order valence-corrected chi connectivity index (χ4v) is 4.81. The molecule has 6 nitrogen and oxygen atoms in total. The first-order chi connectivity index (χ1) is 15.1. The monoisotopic (exact) mass is 490 g/mol. The lowest BCUT2D eigenvalue weighted by Gasteiger charge is -2.27. The summed E-state index contributed by atoms with van der Waals surface area (Å²) in [6, 6.07) is 12.6. The lowest BCUT2D eigenvalue weighted by atomic mass is 10.1. The van der Waals surface area contributed by atoms with Gasteiger partial charge < -0.3 is 4.74 Å². The molecule has 1 fully saturated rings. The molecule has 9 heteroatoms. The molecule has 1 saturated heterocycles. The van der Waals surface area contributed by atoms with E-state index in [0.29, 0.717) is 27.8 Å². The fraction of sp³-hybridized carbons (Fsp3) is 0.348. The maximum Gasteiger partial charge on any atom is 0.260 e. The van der Waals surface area contributed by atoms with Gasteiger partial charge in [0, 0.05) is 36.8 Å². The molecule has 0 unspecified atom stereocenters. The maximum atomic E-state index is 13.4. The lowest BCUT2D eigenvalue weighted by Crippen LogP contribution is -2.39. The quantitative estimate of drug-likeness (QED) is 0.490. The van der Waals surface area contributed by atoms with E-state index in [0.717, 1.165) is 55.0 Å². The second kappa shape index (κ2) is 11.1. The molecular formula is C23H24Cl2N4O2S. The van der Waals surface area contributed by atoms with Crippen LogP contribution in [0.25, 0.3) is 10.2 Å². The van der Waals surface area contributed by atoms with Crippen molar-refractivity contribution in [3.8, 4) is 6.07 Å². The van der Waals surface area contributed by atoms with Crippen LogP contribution in [0.15, 0.2) is 36.4 Å². The summed E-state index contributed by atoms with van der Waals surface area (Å²) in [6.45, 7) is 6.75. The summed E-state index contributed by atoms with van der Waals surface area (Å²) in [5, 5.41) is 10.4. The van der Waals surface area contributed by atoms with Gasteiger partial charge in [0.15, 0.2) is 5.13 Å². The van der Waals surface area contributed by atoms with Crippen molar-refractivity contribution in [2.24, 2.45) is 0 Å². The first-order valence-electron chi connectivity index (χ1n) is 10.2. The molecule has 0 spiro atoms. The number of fused-ring (bicyclic) bond motifs is 1. The number of rotatable bonds is 6. The number of hydrogen-bond donors (Lipinski definition) is 0. The summed E-state index contributed by atoms with van der Waals surface area (Å²) in [7, 11) is 0. The highest BCUT2D eigenvalue weighted by molar-refractivity contribution is 7.22. The molecule has 1 amide bonds. The summed E-state index contributed by atoms with van der Waals surface area (Å²) < 4.78 is 6.42. The van der Waals surface area contributed by atoms with Crippen LogP contribution in [0.1, 0.15) is 27.9 Å². The van der Waals surface area contributed by atoms with E-state index in [4.69, 9.17) is 26.6 Å². The molecule has 2 heterocycles. The molecule has 0 atom stereocenters. The van der Waals surface area contributed by atoms with Crippen LogP contribution in [-0.2, 0) is 4.74 Å². The van der Waals surface area contributed by atoms with Crippen LogP contribution >= 0.6 is 35.3 Å². The zero-order chi connectivity index (χ0) is 21.8. The van der Waals surface area contributed by atoms with Gasteiger partial charge in [0.1, 0.15) is 0 Å². The molecule has 0 N–H and O–H groups in total. The summed E-state index contributed by atoms with van der Waals surface area (Å²) in [6.07, 6.45) is 0.831. The molecule has 0 radical (unpaired) electrons. The topological polar surface area (TPSA) is 69.5 Å². The Bertz CT molecular complexity index is 1120. The first kappa shape index (κ1) is 24.4. The Labute approximate surface area is 202 Å². The third-order valence-corrected chi connectivity index (χ3v) is 6.89. The number of morpholine rings is 1. The molecule has 0 bridgehead atoms. The van der Waals surface area contributed by atoms with Gasteiger partial charge in [-0.05, 0) is 55.3 Å². The van der Waals surface area contributed by atoms with Crippen molar-refractivity contribution in [2.75, 3.05) is 44.3 Å². The number of anilines is 1. The van der Waals surface area contributed by atoms with Crippen LogP contribution in [0, 0.1) is 18.3 Å². The molecule has 1 aromatic heterocycles. The number of ether oxygens (including phenoxy) is 1. The number of hydrogen-bond acceptors (Lipinski definition) is 6. The van der Waals surface area contributed by atoms with Gasteiger partial charge in [0.2, 0.25) is 0 Å². The Morgan fingerprint density at radius 2 is 1.97 bits per heavy atom. The van der Waals surface area contributed by atoms with Crippen LogP contribution in [0.5, 0.6) is 0 Å². The molecule has 2 aromatic carbocycles. The van der Waals surface area contributed by atoms with Crippen molar-refractivity contribution in [3.63, 3.8) is 0 Å².